The third-order valence-electron chi connectivity index (χ3n) is 2.15. The number of alkyl halides is 3. The summed E-state index contributed by atoms with van der Waals surface area (Å²) in [6, 6.07) is 4.95. The Morgan fingerprint density at radius 1 is 1.24 bits per heavy atom. The van der Waals surface area contributed by atoms with E-state index in [-0.39, 0.29) is 0 Å². The second-order valence-corrected chi connectivity index (χ2v) is 6.11. The summed E-state index contributed by atoms with van der Waals surface area (Å²) in [7, 11) is -6.40. The fourth-order valence-corrected chi connectivity index (χ4v) is 2.70. The molecule has 17 heavy (non-hydrogen) atoms. The van der Waals surface area contributed by atoms with Crippen LogP contribution in [0.15, 0.2) is 18.2 Å². The molecule has 94 valence electrons. The van der Waals surface area contributed by atoms with Crippen LogP contribution in [-0.2, 0) is 14.0 Å². The zero-order valence-corrected chi connectivity index (χ0v) is 10.8. The van der Waals surface area contributed by atoms with E-state index in [4.69, 9.17) is 0 Å². The molecule has 0 N–H and O–H groups in total. The van der Waals surface area contributed by atoms with Crippen LogP contribution in [0.4, 0.5) is 13.2 Å². The summed E-state index contributed by atoms with van der Waals surface area (Å²) in [6.07, 6.45) is 0. The second kappa shape index (κ2) is 4.79. The average Bonchev–Trinajstić information content (AvgIpc) is 2.18. The fraction of sp³-hybridized carbons (Fsp3) is 0.333. The summed E-state index contributed by atoms with van der Waals surface area (Å²) in [4.78, 5) is 0. The highest BCUT2D eigenvalue weighted by Gasteiger charge is 2.47. The van der Waals surface area contributed by atoms with E-state index < -0.39 is 25.4 Å². The van der Waals surface area contributed by atoms with Gasteiger partial charge in [-0.25, -0.2) is 0 Å². The quantitative estimate of drug-likeness (QED) is 0.622. The van der Waals surface area contributed by atoms with Crippen molar-refractivity contribution in [3.8, 4) is 0 Å². The molecule has 1 aromatic carbocycles. The maximum atomic E-state index is 12.0. The lowest BCUT2D eigenvalue weighted by molar-refractivity contribution is -0.0498. The molecule has 3 nitrogen and oxygen atoms in total. The van der Waals surface area contributed by atoms with Crippen LogP contribution >= 0.6 is 0 Å². The number of hydrogen-bond acceptors (Lipinski definition) is 3. The molecule has 0 bridgehead atoms. The molecule has 1 rings (SSSR count). The molecule has 0 heterocycles. The third kappa shape index (κ3) is 3.30. The van der Waals surface area contributed by atoms with Gasteiger partial charge in [-0.3, -0.25) is 0 Å². The Kier molecular flexibility index (Phi) is 4.00. The number of rotatable bonds is 3. The normalized spacial score (nSPS) is 12.8. The van der Waals surface area contributed by atoms with Crippen molar-refractivity contribution in [2.75, 3.05) is 0 Å². The molecule has 0 aliphatic carbocycles. The van der Waals surface area contributed by atoms with Crippen LogP contribution in [0, 0.1) is 13.8 Å². The first-order valence-corrected chi connectivity index (χ1v) is 6.79. The SMILES string of the molecule is Cc1cccc([Si]OS(=O)(=O)C(F)(F)F)c1C. The van der Waals surface area contributed by atoms with Gasteiger partial charge in [-0.1, -0.05) is 18.2 Å². The standard InChI is InChI=1S/C9H9F3O3SSi/c1-6-4-3-5-8(7(6)2)17-15-16(13,14)9(10,11)12/h3-5H,1-2H3. The minimum atomic E-state index is -5.51. The summed E-state index contributed by atoms with van der Waals surface area (Å²) in [5.74, 6) is 0. The molecular formula is C9H9F3O3SSi. The summed E-state index contributed by atoms with van der Waals surface area (Å²) < 4.78 is 61.4. The van der Waals surface area contributed by atoms with E-state index in [9.17, 15) is 21.6 Å². The first kappa shape index (κ1) is 14.2. The van der Waals surface area contributed by atoms with Gasteiger partial charge >= 0.3 is 15.6 Å². The molecule has 0 saturated carbocycles. The molecule has 0 aromatic heterocycles. The largest absolute Gasteiger partial charge is 0.522 e. The number of benzene rings is 1. The Hall–Kier alpha value is -0.863. The van der Waals surface area contributed by atoms with Gasteiger partial charge in [0.2, 0.25) is 0 Å². The Morgan fingerprint density at radius 2 is 1.82 bits per heavy atom. The van der Waals surface area contributed by atoms with Crippen molar-refractivity contribution in [2.45, 2.75) is 19.4 Å². The topological polar surface area (TPSA) is 43.4 Å². The summed E-state index contributed by atoms with van der Waals surface area (Å²) >= 11 is 0. The first-order chi connectivity index (χ1) is 7.65. The van der Waals surface area contributed by atoms with Crippen molar-refractivity contribution in [1.29, 1.82) is 0 Å². The molecule has 0 fully saturated rings. The highest BCUT2D eigenvalue weighted by molar-refractivity contribution is 7.88. The summed E-state index contributed by atoms with van der Waals surface area (Å²) in [5, 5.41) is 0.442. The van der Waals surface area contributed by atoms with Gasteiger partial charge in [0.25, 0.3) is 9.76 Å². The van der Waals surface area contributed by atoms with Crippen LogP contribution in [0.1, 0.15) is 11.1 Å². The van der Waals surface area contributed by atoms with Crippen molar-refractivity contribution in [1.82, 2.24) is 0 Å². The van der Waals surface area contributed by atoms with Gasteiger partial charge in [0.05, 0.1) is 0 Å². The molecular weight excluding hydrogens is 273 g/mol. The van der Waals surface area contributed by atoms with Gasteiger partial charge in [-0.2, -0.15) is 21.6 Å². The number of hydrogen-bond donors (Lipinski definition) is 0. The van der Waals surface area contributed by atoms with Gasteiger partial charge < -0.3 is 3.87 Å². The molecule has 0 atom stereocenters. The first-order valence-electron chi connectivity index (χ1n) is 4.47. The van der Waals surface area contributed by atoms with E-state index >= 15 is 0 Å². The Morgan fingerprint density at radius 3 is 2.35 bits per heavy atom. The molecule has 0 unspecified atom stereocenters. The van der Waals surface area contributed by atoms with Gasteiger partial charge in [-0.05, 0) is 30.2 Å². The highest BCUT2D eigenvalue weighted by Crippen LogP contribution is 2.24. The van der Waals surface area contributed by atoms with Crippen LogP contribution in [0.5, 0.6) is 0 Å². The van der Waals surface area contributed by atoms with Gasteiger partial charge in [0.15, 0.2) is 0 Å². The Bertz CT molecular complexity index is 511. The van der Waals surface area contributed by atoms with E-state index in [0.29, 0.717) is 5.19 Å². The highest BCUT2D eigenvalue weighted by atomic mass is 32.2. The Labute approximate surface area is 99.7 Å². The monoisotopic (exact) mass is 282 g/mol. The second-order valence-electron chi connectivity index (χ2n) is 3.33. The smallest absolute Gasteiger partial charge is 0.303 e. The zero-order chi connectivity index (χ0) is 13.3. The molecule has 0 aliphatic heterocycles. The molecule has 8 heteroatoms. The van der Waals surface area contributed by atoms with E-state index in [1.807, 2.05) is 0 Å². The molecule has 0 aliphatic rings. The van der Waals surface area contributed by atoms with Gasteiger partial charge in [0, 0.05) is 0 Å². The van der Waals surface area contributed by atoms with Crippen LogP contribution < -0.4 is 5.19 Å². The average molecular weight is 282 g/mol. The fourth-order valence-electron chi connectivity index (χ4n) is 1.01. The molecule has 0 saturated heterocycles. The van der Waals surface area contributed by atoms with Crippen LogP contribution in [0.25, 0.3) is 0 Å². The number of aryl methyl sites for hydroxylation is 1. The van der Waals surface area contributed by atoms with Crippen molar-refractivity contribution >= 4 is 25.1 Å². The van der Waals surface area contributed by atoms with Crippen molar-refractivity contribution < 1.29 is 25.5 Å². The molecule has 1 aromatic rings. The maximum absolute atomic E-state index is 12.0. The maximum Gasteiger partial charge on any atom is 0.522 e. The number of halogens is 3. The summed E-state index contributed by atoms with van der Waals surface area (Å²) in [5.41, 5.74) is -3.79. The van der Waals surface area contributed by atoms with Crippen LogP contribution in [0.2, 0.25) is 0 Å². The van der Waals surface area contributed by atoms with Gasteiger partial charge in [-0.15, -0.1) is 0 Å². The minimum absolute atomic E-state index is 0.442. The van der Waals surface area contributed by atoms with Gasteiger partial charge in [0.1, 0.15) is 0 Å². The third-order valence-corrected chi connectivity index (χ3v) is 4.69. The van der Waals surface area contributed by atoms with Crippen LogP contribution in [-0.4, -0.2) is 23.7 Å². The lowest BCUT2D eigenvalue weighted by Crippen LogP contribution is -2.31. The summed E-state index contributed by atoms with van der Waals surface area (Å²) in [6.45, 7) is 3.48. The van der Waals surface area contributed by atoms with E-state index in [2.05, 4.69) is 3.87 Å². The molecule has 0 amide bonds. The van der Waals surface area contributed by atoms with Crippen molar-refractivity contribution in [3.63, 3.8) is 0 Å². The molecule has 2 radical (unpaired) electrons. The van der Waals surface area contributed by atoms with E-state index in [0.717, 1.165) is 11.1 Å². The molecule has 0 spiro atoms. The predicted octanol–water partition coefficient (Wildman–Crippen LogP) is 1.41. The lowest BCUT2D eigenvalue weighted by Gasteiger charge is -2.09. The van der Waals surface area contributed by atoms with Crippen LogP contribution in [0.3, 0.4) is 0 Å². The minimum Gasteiger partial charge on any atom is -0.303 e. The Balaban J connectivity index is 2.86. The van der Waals surface area contributed by atoms with Crippen molar-refractivity contribution in [3.05, 3.63) is 29.3 Å². The van der Waals surface area contributed by atoms with E-state index in [1.54, 1.807) is 26.0 Å². The zero-order valence-electron chi connectivity index (χ0n) is 9.00. The lowest BCUT2D eigenvalue weighted by atomic mass is 10.1. The van der Waals surface area contributed by atoms with Crippen molar-refractivity contribution in [2.24, 2.45) is 0 Å². The predicted molar refractivity (Wildman–Crippen MR) is 57.4 cm³/mol. The van der Waals surface area contributed by atoms with E-state index in [1.165, 1.54) is 6.07 Å².